The lowest BCUT2D eigenvalue weighted by Crippen LogP contribution is -2.25. The van der Waals surface area contributed by atoms with Crippen LogP contribution in [0.25, 0.3) is 5.69 Å². The van der Waals surface area contributed by atoms with Crippen LogP contribution in [-0.4, -0.2) is 40.0 Å². The number of hydrogen-bond acceptors (Lipinski definition) is 4. The van der Waals surface area contributed by atoms with Gasteiger partial charge in [0.2, 0.25) is 10.0 Å². The van der Waals surface area contributed by atoms with E-state index >= 15 is 0 Å². The number of benzene rings is 1. The molecule has 1 aliphatic rings. The van der Waals surface area contributed by atoms with Crippen LogP contribution < -0.4 is 0 Å². The minimum absolute atomic E-state index is 0.221. The van der Waals surface area contributed by atoms with Gasteiger partial charge in [-0.3, -0.25) is 0 Å². The Balaban J connectivity index is 1.79. The van der Waals surface area contributed by atoms with Crippen molar-refractivity contribution in [3.8, 4) is 5.69 Å². The Morgan fingerprint density at radius 1 is 1.25 bits per heavy atom. The smallest absolute Gasteiger partial charge is 0.214 e. The highest BCUT2D eigenvalue weighted by atomic mass is 35.5. The summed E-state index contributed by atoms with van der Waals surface area (Å²) in [6, 6.07) is 7.19. The van der Waals surface area contributed by atoms with Crippen LogP contribution in [-0.2, 0) is 16.6 Å². The fourth-order valence-electron chi connectivity index (χ4n) is 2.14. The first-order chi connectivity index (χ1) is 9.54. The first-order valence-corrected chi connectivity index (χ1v) is 8.18. The number of aromatic nitrogens is 3. The number of halogens is 1. The highest BCUT2D eigenvalue weighted by Crippen LogP contribution is 2.17. The molecule has 3 rings (SSSR count). The van der Waals surface area contributed by atoms with Crippen molar-refractivity contribution in [2.75, 3.05) is 12.3 Å². The Hall–Kier alpha value is -1.44. The summed E-state index contributed by atoms with van der Waals surface area (Å²) < 4.78 is 26.5. The first kappa shape index (κ1) is 13.5. The molecule has 8 heteroatoms. The van der Waals surface area contributed by atoms with Gasteiger partial charge in [0.05, 0.1) is 29.9 Å². The molecular formula is C12H13ClN4O2S. The number of hydrogen-bond donors (Lipinski definition) is 0. The Morgan fingerprint density at radius 3 is 2.65 bits per heavy atom. The summed E-state index contributed by atoms with van der Waals surface area (Å²) in [7, 11) is -3.11. The summed E-state index contributed by atoms with van der Waals surface area (Å²) in [6.07, 6.45) is 2.41. The lowest BCUT2D eigenvalue weighted by atomic mass is 10.3. The van der Waals surface area contributed by atoms with E-state index in [4.69, 9.17) is 11.6 Å². The molecule has 0 amide bonds. The molecule has 0 aliphatic carbocycles. The SMILES string of the molecule is O=S1(=O)CCCN1Cc1cn(-c2ccc(Cl)cc2)nn1. The van der Waals surface area contributed by atoms with E-state index in [1.54, 1.807) is 23.0 Å². The van der Waals surface area contributed by atoms with Crippen LogP contribution >= 0.6 is 11.6 Å². The van der Waals surface area contributed by atoms with Crippen molar-refractivity contribution in [2.24, 2.45) is 0 Å². The maximum absolute atomic E-state index is 11.7. The summed E-state index contributed by atoms with van der Waals surface area (Å²) in [6.45, 7) is 0.825. The monoisotopic (exact) mass is 312 g/mol. The highest BCUT2D eigenvalue weighted by Gasteiger charge is 2.28. The molecular weight excluding hydrogens is 300 g/mol. The first-order valence-electron chi connectivity index (χ1n) is 6.20. The summed E-state index contributed by atoms with van der Waals surface area (Å²) >= 11 is 5.83. The second-order valence-corrected chi connectivity index (χ2v) is 7.16. The van der Waals surface area contributed by atoms with E-state index in [1.165, 1.54) is 4.31 Å². The van der Waals surface area contributed by atoms with Gasteiger partial charge in [0.1, 0.15) is 0 Å². The molecule has 0 N–H and O–H groups in total. The van der Waals surface area contributed by atoms with Crippen LogP contribution in [0.4, 0.5) is 0 Å². The van der Waals surface area contributed by atoms with Gasteiger partial charge in [-0.1, -0.05) is 16.8 Å². The second kappa shape index (κ2) is 5.16. The van der Waals surface area contributed by atoms with Crippen molar-refractivity contribution < 1.29 is 8.42 Å². The van der Waals surface area contributed by atoms with E-state index in [0.29, 0.717) is 23.7 Å². The molecule has 20 heavy (non-hydrogen) atoms. The third-order valence-electron chi connectivity index (χ3n) is 3.17. The third kappa shape index (κ3) is 2.70. The van der Waals surface area contributed by atoms with Crippen LogP contribution in [0.15, 0.2) is 30.5 Å². The van der Waals surface area contributed by atoms with Crippen molar-refractivity contribution >= 4 is 21.6 Å². The van der Waals surface area contributed by atoms with E-state index in [0.717, 1.165) is 5.69 Å². The molecule has 2 heterocycles. The summed E-state index contributed by atoms with van der Waals surface area (Å²) in [5, 5.41) is 8.68. The van der Waals surface area contributed by atoms with Crippen molar-refractivity contribution in [1.82, 2.24) is 19.3 Å². The van der Waals surface area contributed by atoms with Gasteiger partial charge in [-0.25, -0.2) is 13.1 Å². The zero-order valence-electron chi connectivity index (χ0n) is 10.6. The minimum Gasteiger partial charge on any atom is -0.220 e. The van der Waals surface area contributed by atoms with Crippen LogP contribution in [0, 0.1) is 0 Å². The molecule has 1 saturated heterocycles. The zero-order valence-corrected chi connectivity index (χ0v) is 12.2. The fourth-order valence-corrected chi connectivity index (χ4v) is 3.75. The maximum Gasteiger partial charge on any atom is 0.214 e. The lowest BCUT2D eigenvalue weighted by molar-refractivity contribution is 0.434. The average molecular weight is 313 g/mol. The molecule has 1 fully saturated rings. The maximum atomic E-state index is 11.7. The quantitative estimate of drug-likeness (QED) is 0.860. The van der Waals surface area contributed by atoms with E-state index < -0.39 is 10.0 Å². The van der Waals surface area contributed by atoms with Crippen LogP contribution in [0.3, 0.4) is 0 Å². The standard InChI is InChI=1S/C12H13ClN4O2S/c13-10-2-4-12(5-3-10)17-9-11(14-15-17)8-16-6-1-7-20(16,18)19/h2-5,9H,1,6-8H2. The fraction of sp³-hybridized carbons (Fsp3) is 0.333. The van der Waals surface area contributed by atoms with Crippen LogP contribution in [0.5, 0.6) is 0 Å². The zero-order chi connectivity index (χ0) is 14.2. The van der Waals surface area contributed by atoms with E-state index in [9.17, 15) is 8.42 Å². The van der Waals surface area contributed by atoms with Gasteiger partial charge in [0.15, 0.2) is 0 Å². The Kier molecular flexibility index (Phi) is 3.49. The van der Waals surface area contributed by atoms with E-state index in [-0.39, 0.29) is 12.3 Å². The normalized spacial score (nSPS) is 18.4. The molecule has 0 atom stereocenters. The predicted octanol–water partition coefficient (Wildman–Crippen LogP) is 1.46. The Morgan fingerprint density at radius 2 is 2.00 bits per heavy atom. The average Bonchev–Trinajstić information content (AvgIpc) is 2.99. The van der Waals surface area contributed by atoms with Gasteiger partial charge in [0.25, 0.3) is 0 Å². The van der Waals surface area contributed by atoms with Gasteiger partial charge < -0.3 is 0 Å². The molecule has 0 radical (unpaired) electrons. The number of nitrogens with zero attached hydrogens (tertiary/aromatic N) is 4. The third-order valence-corrected chi connectivity index (χ3v) is 5.33. The molecule has 1 aromatic carbocycles. The lowest BCUT2D eigenvalue weighted by Gasteiger charge is -2.11. The van der Waals surface area contributed by atoms with Gasteiger partial charge in [-0.2, -0.15) is 4.31 Å². The molecule has 106 valence electrons. The van der Waals surface area contributed by atoms with Crippen molar-refractivity contribution in [3.05, 3.63) is 41.2 Å². The van der Waals surface area contributed by atoms with Gasteiger partial charge >= 0.3 is 0 Å². The second-order valence-electron chi connectivity index (χ2n) is 4.63. The Labute approximate surface area is 122 Å². The predicted molar refractivity (Wildman–Crippen MR) is 75.2 cm³/mol. The highest BCUT2D eigenvalue weighted by molar-refractivity contribution is 7.89. The Bertz CT molecular complexity index is 711. The molecule has 1 aromatic heterocycles. The van der Waals surface area contributed by atoms with E-state index in [2.05, 4.69) is 10.3 Å². The van der Waals surface area contributed by atoms with Crippen molar-refractivity contribution in [3.63, 3.8) is 0 Å². The molecule has 2 aromatic rings. The molecule has 0 unspecified atom stereocenters. The van der Waals surface area contributed by atoms with Crippen molar-refractivity contribution in [2.45, 2.75) is 13.0 Å². The molecule has 0 saturated carbocycles. The minimum atomic E-state index is -3.11. The molecule has 6 nitrogen and oxygen atoms in total. The summed E-state index contributed by atoms with van der Waals surface area (Å²) in [5.41, 5.74) is 1.46. The topological polar surface area (TPSA) is 68.1 Å². The van der Waals surface area contributed by atoms with Gasteiger partial charge in [-0.15, -0.1) is 5.10 Å². The van der Waals surface area contributed by atoms with Gasteiger partial charge in [0, 0.05) is 11.6 Å². The summed E-state index contributed by atoms with van der Waals surface area (Å²) in [5.74, 6) is 0.221. The molecule has 0 spiro atoms. The molecule has 0 bridgehead atoms. The van der Waals surface area contributed by atoms with E-state index in [1.807, 2.05) is 12.1 Å². The van der Waals surface area contributed by atoms with Crippen LogP contribution in [0.1, 0.15) is 12.1 Å². The number of rotatable bonds is 3. The van der Waals surface area contributed by atoms with Crippen molar-refractivity contribution in [1.29, 1.82) is 0 Å². The summed E-state index contributed by atoms with van der Waals surface area (Å²) in [4.78, 5) is 0. The number of sulfonamides is 1. The molecule has 1 aliphatic heterocycles. The van der Waals surface area contributed by atoms with Crippen LogP contribution in [0.2, 0.25) is 5.02 Å². The van der Waals surface area contributed by atoms with Gasteiger partial charge in [-0.05, 0) is 30.7 Å². The largest absolute Gasteiger partial charge is 0.220 e.